The van der Waals surface area contributed by atoms with Crippen LogP contribution >= 0.6 is 0 Å². The molecule has 1 aromatic carbocycles. The number of nitrogens with zero attached hydrogens (tertiary/aromatic N) is 3. The fourth-order valence-corrected chi connectivity index (χ4v) is 3.80. The van der Waals surface area contributed by atoms with Crippen LogP contribution in [0, 0.1) is 0 Å². The predicted molar refractivity (Wildman–Crippen MR) is 97.9 cm³/mol. The Morgan fingerprint density at radius 2 is 1.73 bits per heavy atom. The first kappa shape index (κ1) is 17.2. The molecular formula is C20H25N3O3. The Balaban J connectivity index is 1.44. The second kappa shape index (κ2) is 8.01. The Bertz CT molecular complexity index is 708. The molecule has 26 heavy (non-hydrogen) atoms. The van der Waals surface area contributed by atoms with Gasteiger partial charge in [-0.3, -0.25) is 9.88 Å². The normalized spacial score (nSPS) is 21.7. The van der Waals surface area contributed by atoms with Crippen LogP contribution in [0.5, 0.6) is 17.4 Å². The lowest BCUT2D eigenvalue weighted by atomic mass is 9.92. The third-order valence-corrected chi connectivity index (χ3v) is 5.30. The summed E-state index contributed by atoms with van der Waals surface area (Å²) in [5.74, 6) is 2.55. The van der Waals surface area contributed by atoms with Crippen LogP contribution in [0.3, 0.4) is 0 Å². The highest BCUT2D eigenvalue weighted by molar-refractivity contribution is 5.35. The van der Waals surface area contributed by atoms with Crippen LogP contribution in [0.1, 0.15) is 30.9 Å². The van der Waals surface area contributed by atoms with Crippen LogP contribution in [0.25, 0.3) is 0 Å². The molecule has 0 aliphatic carbocycles. The van der Waals surface area contributed by atoms with Gasteiger partial charge in [-0.2, -0.15) is 0 Å². The van der Waals surface area contributed by atoms with Crippen molar-refractivity contribution in [3.8, 4) is 17.4 Å². The van der Waals surface area contributed by atoms with E-state index < -0.39 is 0 Å². The number of piperidine rings is 1. The number of likely N-dealkylation sites (tertiary alicyclic amines) is 1. The molecule has 0 saturated carbocycles. The topological polar surface area (TPSA) is 56.7 Å². The second-order valence-corrected chi connectivity index (χ2v) is 6.85. The molecule has 6 nitrogen and oxygen atoms in total. The molecule has 0 unspecified atom stereocenters. The third kappa shape index (κ3) is 3.81. The molecule has 2 aliphatic heterocycles. The highest BCUT2D eigenvalue weighted by Crippen LogP contribution is 2.34. The Morgan fingerprint density at radius 1 is 1.00 bits per heavy atom. The number of benzene rings is 1. The van der Waals surface area contributed by atoms with Crippen LogP contribution in [0.15, 0.2) is 36.7 Å². The maximum atomic E-state index is 6.03. The van der Waals surface area contributed by atoms with Crippen LogP contribution in [-0.4, -0.2) is 54.3 Å². The molecule has 6 heteroatoms. The summed E-state index contributed by atoms with van der Waals surface area (Å²) in [5, 5.41) is 0. The van der Waals surface area contributed by atoms with Gasteiger partial charge in [-0.05, 0) is 56.6 Å². The molecule has 2 aromatic rings. The zero-order valence-electron chi connectivity index (χ0n) is 15.1. The summed E-state index contributed by atoms with van der Waals surface area (Å²) >= 11 is 0. The molecule has 138 valence electrons. The lowest BCUT2D eigenvalue weighted by molar-refractivity contribution is 0.121. The quantitative estimate of drug-likeness (QED) is 0.821. The van der Waals surface area contributed by atoms with Gasteiger partial charge in [-0.25, -0.2) is 4.98 Å². The van der Waals surface area contributed by atoms with E-state index in [1.54, 1.807) is 19.5 Å². The van der Waals surface area contributed by atoms with E-state index in [0.717, 1.165) is 62.8 Å². The molecule has 2 saturated heterocycles. The van der Waals surface area contributed by atoms with E-state index in [1.807, 2.05) is 24.3 Å². The minimum absolute atomic E-state index is 0.385. The Labute approximate surface area is 154 Å². The fraction of sp³-hybridized carbons (Fsp3) is 0.500. The second-order valence-electron chi connectivity index (χ2n) is 6.85. The molecule has 0 spiro atoms. The monoisotopic (exact) mass is 355 g/mol. The minimum atomic E-state index is 0.385. The summed E-state index contributed by atoms with van der Waals surface area (Å²) in [6.07, 6.45) is 6.75. The largest absolute Gasteiger partial charge is 0.497 e. The van der Waals surface area contributed by atoms with Crippen molar-refractivity contribution < 1.29 is 14.2 Å². The van der Waals surface area contributed by atoms with Gasteiger partial charge >= 0.3 is 0 Å². The van der Waals surface area contributed by atoms with Crippen molar-refractivity contribution >= 4 is 0 Å². The Hall–Kier alpha value is -2.18. The van der Waals surface area contributed by atoms with Crippen molar-refractivity contribution in [1.82, 2.24) is 14.9 Å². The van der Waals surface area contributed by atoms with E-state index in [0.29, 0.717) is 17.8 Å². The molecule has 4 rings (SSSR count). The van der Waals surface area contributed by atoms with Crippen molar-refractivity contribution in [2.24, 2.45) is 0 Å². The van der Waals surface area contributed by atoms with Gasteiger partial charge in [0.15, 0.2) is 0 Å². The molecule has 0 N–H and O–H groups in total. The Kier molecular flexibility index (Phi) is 5.32. The van der Waals surface area contributed by atoms with E-state index in [9.17, 15) is 0 Å². The van der Waals surface area contributed by atoms with Gasteiger partial charge in [0, 0.05) is 31.0 Å². The summed E-state index contributed by atoms with van der Waals surface area (Å²) in [6, 6.07) is 8.13. The van der Waals surface area contributed by atoms with E-state index in [4.69, 9.17) is 14.2 Å². The van der Waals surface area contributed by atoms with E-state index in [-0.39, 0.29) is 0 Å². The van der Waals surface area contributed by atoms with Gasteiger partial charge in [0.2, 0.25) is 5.88 Å². The molecule has 0 amide bonds. The molecule has 2 aliphatic rings. The maximum absolute atomic E-state index is 6.03. The van der Waals surface area contributed by atoms with Crippen LogP contribution in [-0.2, 0) is 4.74 Å². The molecule has 0 bridgehead atoms. The zero-order valence-corrected chi connectivity index (χ0v) is 15.1. The van der Waals surface area contributed by atoms with Gasteiger partial charge in [0.25, 0.3) is 0 Å². The molecular weight excluding hydrogens is 330 g/mol. The maximum Gasteiger partial charge on any atom is 0.241 e. The number of aromatic nitrogens is 2. The van der Waals surface area contributed by atoms with E-state index in [1.165, 1.54) is 0 Å². The van der Waals surface area contributed by atoms with Crippen molar-refractivity contribution in [3.05, 3.63) is 42.4 Å². The summed E-state index contributed by atoms with van der Waals surface area (Å²) in [4.78, 5) is 11.6. The first-order chi connectivity index (χ1) is 12.8. The minimum Gasteiger partial charge on any atom is -0.497 e. The molecule has 0 radical (unpaired) electrons. The number of hydrogen-bond donors (Lipinski definition) is 0. The Morgan fingerprint density at radius 3 is 2.42 bits per heavy atom. The standard InChI is InChI=1S/C20H25N3O3/c1-24-17-2-4-18(5-3-17)26-20-19(21-9-10-22-20)15-6-11-23(12-7-15)16-8-13-25-14-16/h2-5,9-10,15-16H,6-8,11-14H2,1H3/t16-/m1/s1. The third-order valence-electron chi connectivity index (χ3n) is 5.30. The smallest absolute Gasteiger partial charge is 0.241 e. The summed E-state index contributed by atoms with van der Waals surface area (Å²) < 4.78 is 16.8. The van der Waals surface area contributed by atoms with Crippen molar-refractivity contribution in [2.45, 2.75) is 31.2 Å². The summed E-state index contributed by atoms with van der Waals surface area (Å²) in [5.41, 5.74) is 0.964. The molecule has 2 fully saturated rings. The average Bonchev–Trinajstić information content (AvgIpc) is 3.24. The highest BCUT2D eigenvalue weighted by atomic mass is 16.5. The van der Waals surface area contributed by atoms with Gasteiger partial charge in [-0.1, -0.05) is 0 Å². The lowest BCUT2D eigenvalue weighted by Crippen LogP contribution is -2.41. The number of methoxy groups -OCH3 is 1. The zero-order chi connectivity index (χ0) is 17.8. The number of hydrogen-bond acceptors (Lipinski definition) is 6. The first-order valence-electron chi connectivity index (χ1n) is 9.28. The lowest BCUT2D eigenvalue weighted by Gasteiger charge is -2.35. The number of rotatable bonds is 5. The van der Waals surface area contributed by atoms with Gasteiger partial charge < -0.3 is 14.2 Å². The first-order valence-corrected chi connectivity index (χ1v) is 9.28. The van der Waals surface area contributed by atoms with Crippen molar-refractivity contribution in [3.63, 3.8) is 0 Å². The molecule has 1 aromatic heterocycles. The van der Waals surface area contributed by atoms with Crippen molar-refractivity contribution in [2.75, 3.05) is 33.4 Å². The van der Waals surface area contributed by atoms with Gasteiger partial charge in [-0.15, -0.1) is 0 Å². The summed E-state index contributed by atoms with van der Waals surface area (Å²) in [6.45, 7) is 3.94. The van der Waals surface area contributed by atoms with Crippen LogP contribution < -0.4 is 9.47 Å². The fourth-order valence-electron chi connectivity index (χ4n) is 3.80. The van der Waals surface area contributed by atoms with E-state index >= 15 is 0 Å². The predicted octanol–water partition coefficient (Wildman–Crippen LogP) is 3.25. The van der Waals surface area contributed by atoms with Crippen molar-refractivity contribution in [1.29, 1.82) is 0 Å². The van der Waals surface area contributed by atoms with Crippen LogP contribution in [0.2, 0.25) is 0 Å². The summed E-state index contributed by atoms with van der Waals surface area (Å²) in [7, 11) is 1.65. The molecule has 1 atom stereocenters. The highest BCUT2D eigenvalue weighted by Gasteiger charge is 2.30. The van der Waals surface area contributed by atoms with Crippen LogP contribution in [0.4, 0.5) is 0 Å². The van der Waals surface area contributed by atoms with E-state index in [2.05, 4.69) is 14.9 Å². The molecule has 3 heterocycles. The van der Waals surface area contributed by atoms with Gasteiger partial charge in [0.1, 0.15) is 17.2 Å². The average molecular weight is 355 g/mol. The van der Waals surface area contributed by atoms with Gasteiger partial charge in [0.05, 0.1) is 13.7 Å². The SMILES string of the molecule is COc1ccc(Oc2nccnc2C2CCN([C@@H]3CCOC3)CC2)cc1. The number of ether oxygens (including phenoxy) is 3.